The lowest BCUT2D eigenvalue weighted by molar-refractivity contribution is 0.143. The molecule has 162 valence electrons. The molecule has 1 atom stereocenters. The van der Waals surface area contributed by atoms with Gasteiger partial charge < -0.3 is 15.2 Å². The first kappa shape index (κ1) is 20.1. The van der Waals surface area contributed by atoms with E-state index >= 15 is 0 Å². The fourth-order valence-electron chi connectivity index (χ4n) is 5.28. The highest BCUT2D eigenvalue weighted by Crippen LogP contribution is 2.46. The van der Waals surface area contributed by atoms with Gasteiger partial charge in [-0.2, -0.15) is 0 Å². The van der Waals surface area contributed by atoms with Gasteiger partial charge in [0.1, 0.15) is 5.82 Å². The number of H-pyrrole nitrogens is 1. The number of hydrogen-bond acceptors (Lipinski definition) is 6. The van der Waals surface area contributed by atoms with Gasteiger partial charge in [-0.15, -0.1) is 0 Å². The topological polar surface area (TPSA) is 82.6 Å². The summed E-state index contributed by atoms with van der Waals surface area (Å²) in [5, 5.41) is 3.62. The molecule has 2 aliphatic rings. The van der Waals surface area contributed by atoms with Crippen molar-refractivity contribution < 1.29 is 0 Å². The second-order valence-electron chi connectivity index (χ2n) is 8.88. The van der Waals surface area contributed by atoms with Gasteiger partial charge in [0.05, 0.1) is 12.0 Å². The fraction of sp³-hybridized carbons (Fsp3) is 0.500. The van der Waals surface area contributed by atoms with Crippen molar-refractivity contribution in [1.82, 2.24) is 29.8 Å². The largest absolute Gasteiger partial charge is 0.369 e. The van der Waals surface area contributed by atoms with Gasteiger partial charge in [0, 0.05) is 60.3 Å². The molecule has 0 saturated carbocycles. The number of anilines is 1. The first-order valence-corrected chi connectivity index (χ1v) is 11.5. The zero-order valence-electron chi connectivity index (χ0n) is 18.3. The SMILES string of the molecule is CCCN1CCCC2(CCc3c(NCCc4cnc[nH]4)nc(-c4cccnc4)nc32)C1. The number of rotatable bonds is 7. The molecule has 7 nitrogen and oxygen atoms in total. The molecule has 1 unspecified atom stereocenters. The third kappa shape index (κ3) is 4.06. The van der Waals surface area contributed by atoms with E-state index in [4.69, 9.17) is 9.97 Å². The predicted molar refractivity (Wildman–Crippen MR) is 122 cm³/mol. The monoisotopic (exact) mass is 417 g/mol. The van der Waals surface area contributed by atoms with Crippen LogP contribution in [0, 0.1) is 0 Å². The molecule has 5 rings (SSSR count). The van der Waals surface area contributed by atoms with Crippen molar-refractivity contribution in [2.24, 2.45) is 0 Å². The molecule has 0 aromatic carbocycles. The van der Waals surface area contributed by atoms with Crippen LogP contribution in [0.3, 0.4) is 0 Å². The normalized spacial score (nSPS) is 20.8. The summed E-state index contributed by atoms with van der Waals surface area (Å²) in [6.07, 6.45) is 14.0. The molecule has 4 heterocycles. The molecule has 0 bridgehead atoms. The summed E-state index contributed by atoms with van der Waals surface area (Å²) in [6, 6.07) is 4.01. The zero-order valence-corrected chi connectivity index (χ0v) is 18.3. The van der Waals surface area contributed by atoms with E-state index in [-0.39, 0.29) is 5.41 Å². The first-order valence-electron chi connectivity index (χ1n) is 11.5. The van der Waals surface area contributed by atoms with Gasteiger partial charge in [-0.05, 0) is 57.3 Å². The van der Waals surface area contributed by atoms with Crippen molar-refractivity contribution in [3.8, 4) is 11.4 Å². The van der Waals surface area contributed by atoms with Crippen LogP contribution in [0.4, 0.5) is 5.82 Å². The van der Waals surface area contributed by atoms with E-state index in [9.17, 15) is 0 Å². The Morgan fingerprint density at radius 3 is 2.97 bits per heavy atom. The van der Waals surface area contributed by atoms with Gasteiger partial charge in [0.2, 0.25) is 0 Å². The predicted octanol–water partition coefficient (Wildman–Crippen LogP) is 3.61. The van der Waals surface area contributed by atoms with E-state index in [0.29, 0.717) is 0 Å². The van der Waals surface area contributed by atoms with Crippen molar-refractivity contribution in [1.29, 1.82) is 0 Å². The molecule has 2 N–H and O–H groups in total. The van der Waals surface area contributed by atoms with E-state index in [1.54, 1.807) is 12.5 Å². The minimum atomic E-state index is 0.155. The number of likely N-dealkylation sites (tertiary alicyclic amines) is 1. The average Bonchev–Trinajstić information content (AvgIpc) is 3.44. The highest BCUT2D eigenvalue weighted by molar-refractivity contribution is 5.61. The van der Waals surface area contributed by atoms with Gasteiger partial charge in [-0.1, -0.05) is 6.92 Å². The standard InChI is InChI=1S/C24H31N7/c1-2-12-31-13-4-8-24(16-31)9-6-20-21(24)29-22(18-5-3-10-25-14-18)30-23(20)27-11-7-19-15-26-17-28-19/h3,5,10,14-15,17H,2,4,6-9,11-13,16H2,1H3,(H,26,28)(H,27,29,30). The maximum atomic E-state index is 5.18. The first-order chi connectivity index (χ1) is 15.3. The zero-order chi connectivity index (χ0) is 21.1. The van der Waals surface area contributed by atoms with Crippen molar-refractivity contribution in [3.63, 3.8) is 0 Å². The van der Waals surface area contributed by atoms with Crippen LogP contribution >= 0.6 is 0 Å². The number of hydrogen-bond donors (Lipinski definition) is 2. The average molecular weight is 418 g/mol. The Morgan fingerprint density at radius 1 is 1.19 bits per heavy atom. The fourth-order valence-corrected chi connectivity index (χ4v) is 5.28. The van der Waals surface area contributed by atoms with Crippen LogP contribution in [-0.2, 0) is 18.3 Å². The van der Waals surface area contributed by atoms with E-state index in [1.165, 1.54) is 50.0 Å². The van der Waals surface area contributed by atoms with Crippen molar-refractivity contribution in [3.05, 3.63) is 54.0 Å². The quantitative estimate of drug-likeness (QED) is 0.611. The maximum Gasteiger partial charge on any atom is 0.163 e. The summed E-state index contributed by atoms with van der Waals surface area (Å²) in [5.74, 6) is 1.78. The van der Waals surface area contributed by atoms with Crippen molar-refractivity contribution >= 4 is 5.82 Å². The van der Waals surface area contributed by atoms with Crippen LogP contribution in [0.2, 0.25) is 0 Å². The third-order valence-corrected chi connectivity index (χ3v) is 6.72. The second kappa shape index (κ2) is 8.75. The molecule has 1 spiro atoms. The number of nitrogens with one attached hydrogen (secondary N) is 2. The number of imidazole rings is 1. The molecular weight excluding hydrogens is 386 g/mol. The lowest BCUT2D eigenvalue weighted by Gasteiger charge is -2.40. The Bertz CT molecular complexity index is 1000. The van der Waals surface area contributed by atoms with Crippen molar-refractivity contribution in [2.75, 3.05) is 31.5 Å². The summed E-state index contributed by atoms with van der Waals surface area (Å²) in [6.45, 7) is 6.58. The summed E-state index contributed by atoms with van der Waals surface area (Å²) < 4.78 is 0. The minimum absolute atomic E-state index is 0.155. The van der Waals surface area contributed by atoms with E-state index in [2.05, 4.69) is 38.2 Å². The van der Waals surface area contributed by atoms with Crippen LogP contribution in [0.5, 0.6) is 0 Å². The smallest absolute Gasteiger partial charge is 0.163 e. The Hall–Kier alpha value is -2.80. The Labute approximate surface area is 183 Å². The summed E-state index contributed by atoms with van der Waals surface area (Å²) in [4.78, 5) is 24.4. The molecule has 0 amide bonds. The molecule has 31 heavy (non-hydrogen) atoms. The van der Waals surface area contributed by atoms with Gasteiger partial charge in [-0.3, -0.25) is 4.98 Å². The highest BCUT2D eigenvalue weighted by Gasteiger charge is 2.44. The van der Waals surface area contributed by atoms with Crippen LogP contribution < -0.4 is 5.32 Å². The minimum Gasteiger partial charge on any atom is -0.369 e. The van der Waals surface area contributed by atoms with Gasteiger partial charge >= 0.3 is 0 Å². The number of pyridine rings is 1. The van der Waals surface area contributed by atoms with Crippen LogP contribution in [0.15, 0.2) is 37.1 Å². The number of piperidine rings is 1. The van der Waals surface area contributed by atoms with E-state index in [1.807, 2.05) is 18.5 Å². The number of aromatic nitrogens is 5. The highest BCUT2D eigenvalue weighted by atomic mass is 15.1. The van der Waals surface area contributed by atoms with Crippen molar-refractivity contribution in [2.45, 2.75) is 50.9 Å². The number of nitrogens with zero attached hydrogens (tertiary/aromatic N) is 5. The molecule has 1 saturated heterocycles. The van der Waals surface area contributed by atoms with Gasteiger partial charge in [-0.25, -0.2) is 15.0 Å². The second-order valence-corrected chi connectivity index (χ2v) is 8.88. The number of aromatic amines is 1. The molecular formula is C24H31N7. The third-order valence-electron chi connectivity index (χ3n) is 6.72. The summed E-state index contributed by atoms with van der Waals surface area (Å²) >= 11 is 0. The Kier molecular flexibility index (Phi) is 5.68. The molecule has 1 aliphatic heterocycles. The van der Waals surface area contributed by atoms with E-state index in [0.717, 1.165) is 48.8 Å². The molecule has 1 fully saturated rings. The van der Waals surface area contributed by atoms with Crippen LogP contribution in [-0.4, -0.2) is 56.0 Å². The molecule has 3 aromatic rings. The Morgan fingerprint density at radius 2 is 2.16 bits per heavy atom. The number of fused-ring (bicyclic) bond motifs is 2. The lowest BCUT2D eigenvalue weighted by Crippen LogP contribution is -2.45. The summed E-state index contributed by atoms with van der Waals surface area (Å²) in [7, 11) is 0. The Balaban J connectivity index is 1.49. The lowest BCUT2D eigenvalue weighted by atomic mass is 9.77. The van der Waals surface area contributed by atoms with Gasteiger partial charge in [0.15, 0.2) is 5.82 Å². The van der Waals surface area contributed by atoms with E-state index < -0.39 is 0 Å². The summed E-state index contributed by atoms with van der Waals surface area (Å²) in [5.41, 5.74) is 4.85. The van der Waals surface area contributed by atoms with Crippen LogP contribution in [0.1, 0.15) is 49.6 Å². The maximum absolute atomic E-state index is 5.18. The molecule has 3 aromatic heterocycles. The molecule has 7 heteroatoms. The molecule has 1 aliphatic carbocycles. The molecule has 0 radical (unpaired) electrons. The van der Waals surface area contributed by atoms with Crippen LogP contribution in [0.25, 0.3) is 11.4 Å². The van der Waals surface area contributed by atoms with Gasteiger partial charge in [0.25, 0.3) is 0 Å².